The van der Waals surface area contributed by atoms with E-state index in [1.165, 1.54) is 6.07 Å². The third-order valence-corrected chi connectivity index (χ3v) is 3.13. The summed E-state index contributed by atoms with van der Waals surface area (Å²) in [5.41, 5.74) is 1.97. The number of hydrogen-bond donors (Lipinski definition) is 1. The van der Waals surface area contributed by atoms with Crippen LogP contribution in [0.5, 0.6) is 0 Å². The number of halogens is 3. The van der Waals surface area contributed by atoms with E-state index in [0.717, 1.165) is 23.3 Å². The fraction of sp³-hybridized carbons (Fsp3) is 0.188. The number of benzene rings is 2. The van der Waals surface area contributed by atoms with Crippen molar-refractivity contribution < 1.29 is 13.2 Å². The second-order valence-electron chi connectivity index (χ2n) is 4.69. The zero-order valence-electron chi connectivity index (χ0n) is 11.3. The number of rotatable bonds is 3. The molecule has 0 aliphatic rings. The summed E-state index contributed by atoms with van der Waals surface area (Å²) in [6.45, 7) is 2.15. The minimum atomic E-state index is -4.35. The summed E-state index contributed by atoms with van der Waals surface area (Å²) in [6, 6.07) is 12.5. The Balaban J connectivity index is 2.14. The zero-order valence-corrected chi connectivity index (χ0v) is 11.3. The maximum atomic E-state index is 12.7. The Bertz CT molecular complexity index is 667. The van der Waals surface area contributed by atoms with E-state index in [-0.39, 0.29) is 0 Å². The number of nitrogens with zero attached hydrogens (tertiary/aromatic N) is 1. The van der Waals surface area contributed by atoms with E-state index in [4.69, 9.17) is 5.26 Å². The molecule has 0 heterocycles. The summed E-state index contributed by atoms with van der Waals surface area (Å²) in [5, 5.41) is 11.7. The van der Waals surface area contributed by atoms with Crippen LogP contribution in [0.4, 0.5) is 18.9 Å². The molecule has 0 unspecified atom stereocenters. The molecule has 0 radical (unpaired) electrons. The van der Waals surface area contributed by atoms with Gasteiger partial charge in [0.15, 0.2) is 0 Å². The molecular formula is C16H13F3N2. The maximum absolute atomic E-state index is 12.7. The quantitative estimate of drug-likeness (QED) is 0.903. The first-order chi connectivity index (χ1) is 9.90. The molecule has 108 valence electrons. The minimum absolute atomic E-state index is 0.397. The molecule has 0 saturated heterocycles. The lowest BCUT2D eigenvalue weighted by molar-refractivity contribution is -0.137. The zero-order chi connectivity index (χ0) is 15.5. The average Bonchev–Trinajstić information content (AvgIpc) is 2.45. The molecule has 2 aromatic carbocycles. The van der Waals surface area contributed by atoms with Gasteiger partial charge in [0.1, 0.15) is 0 Å². The summed E-state index contributed by atoms with van der Waals surface area (Å²) >= 11 is 0. The van der Waals surface area contributed by atoms with Gasteiger partial charge in [0, 0.05) is 12.2 Å². The Morgan fingerprint density at radius 1 is 1.10 bits per heavy atom. The molecule has 2 aromatic rings. The number of nitriles is 1. The van der Waals surface area contributed by atoms with E-state index in [1.807, 2.05) is 6.07 Å². The lowest BCUT2D eigenvalue weighted by atomic mass is 10.1. The molecule has 2 rings (SSSR count). The van der Waals surface area contributed by atoms with Crippen molar-refractivity contribution in [2.24, 2.45) is 0 Å². The second-order valence-corrected chi connectivity index (χ2v) is 4.69. The van der Waals surface area contributed by atoms with E-state index >= 15 is 0 Å². The lowest BCUT2D eigenvalue weighted by Crippen LogP contribution is -2.07. The van der Waals surface area contributed by atoms with Crippen molar-refractivity contribution in [1.82, 2.24) is 0 Å². The molecule has 0 bridgehead atoms. The summed E-state index contributed by atoms with van der Waals surface area (Å²) in [5.74, 6) is 0. The largest absolute Gasteiger partial charge is 0.416 e. The molecule has 0 atom stereocenters. The molecule has 0 fully saturated rings. The van der Waals surface area contributed by atoms with Crippen LogP contribution in [0.25, 0.3) is 0 Å². The Labute approximate surface area is 120 Å². The van der Waals surface area contributed by atoms with Gasteiger partial charge in [-0.2, -0.15) is 18.4 Å². The topological polar surface area (TPSA) is 35.8 Å². The van der Waals surface area contributed by atoms with Crippen LogP contribution in [0.1, 0.15) is 22.3 Å². The summed E-state index contributed by atoms with van der Waals surface area (Å²) in [4.78, 5) is 0. The van der Waals surface area contributed by atoms with Gasteiger partial charge in [-0.15, -0.1) is 0 Å². The summed E-state index contributed by atoms with van der Waals surface area (Å²) in [6.07, 6.45) is -4.35. The van der Waals surface area contributed by atoms with Gasteiger partial charge in [0.2, 0.25) is 0 Å². The first-order valence-corrected chi connectivity index (χ1v) is 6.31. The number of aryl methyl sites for hydroxylation is 1. The van der Waals surface area contributed by atoms with Crippen molar-refractivity contribution in [2.75, 3.05) is 5.32 Å². The van der Waals surface area contributed by atoms with E-state index in [2.05, 4.69) is 5.32 Å². The van der Waals surface area contributed by atoms with Crippen molar-refractivity contribution in [3.05, 3.63) is 64.7 Å². The highest BCUT2D eigenvalue weighted by molar-refractivity contribution is 5.53. The molecular weight excluding hydrogens is 277 g/mol. The van der Waals surface area contributed by atoms with Crippen LogP contribution in [0.3, 0.4) is 0 Å². The molecule has 0 saturated carbocycles. The summed E-state index contributed by atoms with van der Waals surface area (Å²) < 4.78 is 38.1. The van der Waals surface area contributed by atoms with E-state index in [9.17, 15) is 13.2 Å². The normalized spacial score (nSPS) is 11.0. The predicted octanol–water partition coefficient (Wildman–Crippen LogP) is 4.50. The fourth-order valence-corrected chi connectivity index (χ4v) is 1.88. The van der Waals surface area contributed by atoms with Gasteiger partial charge in [-0.1, -0.05) is 18.2 Å². The third-order valence-electron chi connectivity index (χ3n) is 3.13. The monoisotopic (exact) mass is 290 g/mol. The molecule has 0 aliphatic heterocycles. The maximum Gasteiger partial charge on any atom is 0.416 e. The second kappa shape index (κ2) is 5.88. The average molecular weight is 290 g/mol. The molecule has 0 amide bonds. The molecule has 2 nitrogen and oxygen atoms in total. The van der Waals surface area contributed by atoms with Gasteiger partial charge in [-0.25, -0.2) is 0 Å². The standard InChI is InChI=1S/C16H13F3N2/c1-11-2-7-14(16(17,18)19)8-15(11)21-10-13-5-3-12(9-20)4-6-13/h2-8,21H,10H2,1H3. The Morgan fingerprint density at radius 3 is 2.33 bits per heavy atom. The van der Waals surface area contributed by atoms with Gasteiger partial charge in [0.25, 0.3) is 0 Å². The fourth-order valence-electron chi connectivity index (χ4n) is 1.88. The van der Waals surface area contributed by atoms with Gasteiger partial charge in [-0.3, -0.25) is 0 Å². The predicted molar refractivity (Wildman–Crippen MR) is 74.7 cm³/mol. The molecule has 21 heavy (non-hydrogen) atoms. The van der Waals surface area contributed by atoms with Gasteiger partial charge in [0.05, 0.1) is 17.2 Å². The smallest absolute Gasteiger partial charge is 0.381 e. The van der Waals surface area contributed by atoms with Crippen LogP contribution in [-0.4, -0.2) is 0 Å². The Morgan fingerprint density at radius 2 is 1.76 bits per heavy atom. The number of nitrogens with one attached hydrogen (secondary N) is 1. The van der Waals surface area contributed by atoms with Crippen molar-refractivity contribution in [3.63, 3.8) is 0 Å². The number of anilines is 1. The van der Waals surface area contributed by atoms with E-state index in [1.54, 1.807) is 31.2 Å². The van der Waals surface area contributed by atoms with Gasteiger partial charge < -0.3 is 5.32 Å². The van der Waals surface area contributed by atoms with E-state index < -0.39 is 11.7 Å². The van der Waals surface area contributed by atoms with E-state index in [0.29, 0.717) is 17.8 Å². The molecule has 0 spiro atoms. The first kappa shape index (κ1) is 14.9. The molecule has 1 N–H and O–H groups in total. The van der Waals surface area contributed by atoms with Crippen molar-refractivity contribution in [1.29, 1.82) is 5.26 Å². The van der Waals surface area contributed by atoms with Crippen LogP contribution in [-0.2, 0) is 12.7 Å². The highest BCUT2D eigenvalue weighted by Gasteiger charge is 2.30. The Hall–Kier alpha value is -2.48. The van der Waals surface area contributed by atoms with Crippen LogP contribution in [0.2, 0.25) is 0 Å². The Kier molecular flexibility index (Phi) is 4.18. The van der Waals surface area contributed by atoms with Crippen LogP contribution >= 0.6 is 0 Å². The van der Waals surface area contributed by atoms with Gasteiger partial charge in [-0.05, 0) is 42.3 Å². The van der Waals surface area contributed by atoms with Gasteiger partial charge >= 0.3 is 6.18 Å². The van der Waals surface area contributed by atoms with Crippen molar-refractivity contribution in [3.8, 4) is 6.07 Å². The van der Waals surface area contributed by atoms with Crippen molar-refractivity contribution >= 4 is 5.69 Å². The molecule has 0 aromatic heterocycles. The molecule has 5 heteroatoms. The van der Waals surface area contributed by atoms with Crippen LogP contribution < -0.4 is 5.32 Å². The molecule has 0 aliphatic carbocycles. The highest BCUT2D eigenvalue weighted by Crippen LogP contribution is 2.32. The minimum Gasteiger partial charge on any atom is -0.381 e. The SMILES string of the molecule is Cc1ccc(C(F)(F)F)cc1NCc1ccc(C#N)cc1. The number of hydrogen-bond acceptors (Lipinski definition) is 2. The van der Waals surface area contributed by atoms with Crippen molar-refractivity contribution in [2.45, 2.75) is 19.6 Å². The summed E-state index contributed by atoms with van der Waals surface area (Å²) in [7, 11) is 0. The third kappa shape index (κ3) is 3.76. The van der Waals surface area contributed by atoms with Crippen LogP contribution in [0.15, 0.2) is 42.5 Å². The first-order valence-electron chi connectivity index (χ1n) is 6.31. The highest BCUT2D eigenvalue weighted by atomic mass is 19.4. The lowest BCUT2D eigenvalue weighted by Gasteiger charge is -2.13. The number of alkyl halides is 3. The van der Waals surface area contributed by atoms with Crippen LogP contribution in [0, 0.1) is 18.3 Å².